The number of nitrogens with one attached hydrogen (secondary N) is 5. The predicted molar refractivity (Wildman–Crippen MR) is 108 cm³/mol. The van der Waals surface area contributed by atoms with Gasteiger partial charge in [0.1, 0.15) is 0 Å². The van der Waals surface area contributed by atoms with E-state index in [1.54, 1.807) is 0 Å². The van der Waals surface area contributed by atoms with Gasteiger partial charge in [-0.05, 0) is 54.5 Å². The lowest BCUT2D eigenvalue weighted by Crippen LogP contribution is -2.51. The van der Waals surface area contributed by atoms with Crippen LogP contribution in [-0.2, 0) is 0 Å². The van der Waals surface area contributed by atoms with Gasteiger partial charge in [-0.15, -0.1) is 0 Å². The molecule has 1 saturated carbocycles. The minimum Gasteiger partial charge on any atom is -0.318 e. The first kappa shape index (κ1) is 22.8. The molecule has 0 heterocycles. The maximum Gasteiger partial charge on any atom is 0.0480 e. The summed E-state index contributed by atoms with van der Waals surface area (Å²) in [5, 5.41) is 17.1. The summed E-state index contributed by atoms with van der Waals surface area (Å²) < 4.78 is 0. The zero-order valence-corrected chi connectivity index (χ0v) is 17.2. The molecule has 2 unspecified atom stereocenters. The standard InChI is InChI=1S/C18H43N7/c1-19-6-9-25(10-7-20-2)11-8-23-15-24(5)18-13-16(21-3)12-17(14-18)22-4/h16-23H,6-15H2,1-5H3. The smallest absolute Gasteiger partial charge is 0.0480 e. The van der Waals surface area contributed by atoms with E-state index in [1.165, 1.54) is 19.3 Å². The van der Waals surface area contributed by atoms with Gasteiger partial charge in [0.15, 0.2) is 0 Å². The highest BCUT2D eigenvalue weighted by molar-refractivity contribution is 4.89. The molecule has 150 valence electrons. The van der Waals surface area contributed by atoms with E-state index < -0.39 is 0 Å². The van der Waals surface area contributed by atoms with Crippen LogP contribution in [0.1, 0.15) is 19.3 Å². The van der Waals surface area contributed by atoms with Crippen molar-refractivity contribution in [1.82, 2.24) is 36.4 Å². The summed E-state index contributed by atoms with van der Waals surface area (Å²) in [7, 11) is 10.5. The first-order valence-corrected chi connectivity index (χ1v) is 9.91. The topological polar surface area (TPSA) is 66.6 Å². The van der Waals surface area contributed by atoms with Gasteiger partial charge in [0.05, 0.1) is 0 Å². The van der Waals surface area contributed by atoms with Crippen LogP contribution in [0.3, 0.4) is 0 Å². The Bertz CT molecular complexity index is 296. The van der Waals surface area contributed by atoms with Gasteiger partial charge in [-0.1, -0.05) is 0 Å². The lowest BCUT2D eigenvalue weighted by molar-refractivity contribution is 0.141. The minimum absolute atomic E-state index is 0.622. The Hall–Kier alpha value is -0.280. The molecular formula is C18H43N7. The van der Waals surface area contributed by atoms with Gasteiger partial charge in [-0.25, -0.2) is 0 Å². The van der Waals surface area contributed by atoms with Crippen LogP contribution >= 0.6 is 0 Å². The molecule has 2 atom stereocenters. The highest BCUT2D eigenvalue weighted by Crippen LogP contribution is 2.22. The number of nitrogens with zero attached hydrogens (tertiary/aromatic N) is 2. The molecule has 0 aromatic heterocycles. The monoisotopic (exact) mass is 357 g/mol. The molecule has 25 heavy (non-hydrogen) atoms. The molecule has 0 aromatic carbocycles. The average molecular weight is 358 g/mol. The zero-order valence-electron chi connectivity index (χ0n) is 17.2. The molecule has 0 spiro atoms. The van der Waals surface area contributed by atoms with E-state index >= 15 is 0 Å². The zero-order chi connectivity index (χ0) is 18.5. The molecule has 0 amide bonds. The Kier molecular flexibility index (Phi) is 12.6. The fraction of sp³-hybridized carbons (Fsp3) is 1.00. The molecule has 0 saturated heterocycles. The highest BCUT2D eigenvalue weighted by atomic mass is 15.2. The van der Waals surface area contributed by atoms with Crippen molar-refractivity contribution in [1.29, 1.82) is 0 Å². The Labute approximate surface area is 155 Å². The van der Waals surface area contributed by atoms with E-state index in [1.807, 2.05) is 14.1 Å². The molecule has 1 rings (SSSR count). The molecule has 0 aliphatic heterocycles. The van der Waals surface area contributed by atoms with Gasteiger partial charge in [0, 0.05) is 64.1 Å². The summed E-state index contributed by atoms with van der Waals surface area (Å²) in [6, 6.07) is 1.88. The quantitative estimate of drug-likeness (QED) is 0.200. The first-order chi connectivity index (χ1) is 12.1. The lowest BCUT2D eigenvalue weighted by Gasteiger charge is -2.39. The van der Waals surface area contributed by atoms with Crippen molar-refractivity contribution in [2.24, 2.45) is 0 Å². The maximum atomic E-state index is 3.63. The van der Waals surface area contributed by atoms with Crippen LogP contribution in [0.5, 0.6) is 0 Å². The second-order valence-corrected chi connectivity index (χ2v) is 7.30. The molecule has 1 aliphatic rings. The molecule has 0 bridgehead atoms. The number of hydrogen-bond donors (Lipinski definition) is 5. The summed E-state index contributed by atoms with van der Waals surface area (Å²) in [6.07, 6.45) is 3.71. The van der Waals surface area contributed by atoms with E-state index in [0.717, 1.165) is 45.9 Å². The summed E-state index contributed by atoms with van der Waals surface area (Å²) in [5.74, 6) is 0. The van der Waals surface area contributed by atoms with Crippen molar-refractivity contribution < 1.29 is 0 Å². The van der Waals surface area contributed by atoms with Gasteiger partial charge in [0.25, 0.3) is 0 Å². The Balaban J connectivity index is 2.28. The van der Waals surface area contributed by atoms with E-state index in [4.69, 9.17) is 0 Å². The Morgan fingerprint density at radius 2 is 1.28 bits per heavy atom. The summed E-state index contributed by atoms with van der Waals surface area (Å²) >= 11 is 0. The van der Waals surface area contributed by atoms with E-state index in [-0.39, 0.29) is 0 Å². The predicted octanol–water partition coefficient (Wildman–Crippen LogP) is -1.07. The van der Waals surface area contributed by atoms with Gasteiger partial charge < -0.3 is 26.6 Å². The van der Waals surface area contributed by atoms with Crippen molar-refractivity contribution in [3.8, 4) is 0 Å². The molecule has 7 heteroatoms. The van der Waals surface area contributed by atoms with Crippen LogP contribution in [-0.4, -0.2) is 109 Å². The van der Waals surface area contributed by atoms with Crippen LogP contribution in [0.4, 0.5) is 0 Å². The summed E-state index contributed by atoms with van der Waals surface area (Å²) in [5.41, 5.74) is 0. The van der Waals surface area contributed by atoms with E-state index in [2.05, 4.69) is 57.5 Å². The van der Waals surface area contributed by atoms with Crippen LogP contribution in [0.15, 0.2) is 0 Å². The van der Waals surface area contributed by atoms with Crippen LogP contribution in [0.2, 0.25) is 0 Å². The number of hydrogen-bond acceptors (Lipinski definition) is 7. The third-order valence-electron chi connectivity index (χ3n) is 5.44. The SMILES string of the molecule is CNCCN(CCNC)CCNCN(C)C1CC(NC)CC(NC)C1. The summed E-state index contributed by atoms with van der Waals surface area (Å²) in [6.45, 7) is 7.39. The van der Waals surface area contributed by atoms with Crippen LogP contribution in [0.25, 0.3) is 0 Å². The molecular weight excluding hydrogens is 314 g/mol. The van der Waals surface area contributed by atoms with Gasteiger partial charge in [-0.3, -0.25) is 9.80 Å². The largest absolute Gasteiger partial charge is 0.318 e. The van der Waals surface area contributed by atoms with Gasteiger partial charge >= 0.3 is 0 Å². The number of rotatable bonds is 14. The second kappa shape index (κ2) is 13.9. The van der Waals surface area contributed by atoms with E-state index in [9.17, 15) is 0 Å². The maximum absolute atomic E-state index is 3.63. The molecule has 1 aliphatic carbocycles. The van der Waals surface area contributed by atoms with Crippen molar-refractivity contribution >= 4 is 0 Å². The molecule has 0 aromatic rings. The van der Waals surface area contributed by atoms with E-state index in [0.29, 0.717) is 18.1 Å². The van der Waals surface area contributed by atoms with Crippen molar-refractivity contribution in [2.75, 3.05) is 81.2 Å². The lowest BCUT2D eigenvalue weighted by atomic mass is 9.86. The molecule has 7 nitrogen and oxygen atoms in total. The van der Waals surface area contributed by atoms with Crippen molar-refractivity contribution in [3.05, 3.63) is 0 Å². The van der Waals surface area contributed by atoms with Crippen LogP contribution in [0, 0.1) is 0 Å². The Morgan fingerprint density at radius 1 is 0.760 bits per heavy atom. The molecule has 1 fully saturated rings. The van der Waals surface area contributed by atoms with Crippen molar-refractivity contribution in [2.45, 2.75) is 37.4 Å². The molecule has 5 N–H and O–H groups in total. The fourth-order valence-electron chi connectivity index (χ4n) is 3.62. The normalized spacial score (nSPS) is 24.4. The average Bonchev–Trinajstić information content (AvgIpc) is 2.65. The van der Waals surface area contributed by atoms with Crippen LogP contribution < -0.4 is 26.6 Å². The highest BCUT2D eigenvalue weighted by Gasteiger charge is 2.29. The fourth-order valence-corrected chi connectivity index (χ4v) is 3.62. The number of likely N-dealkylation sites (N-methyl/N-ethyl adjacent to an activating group) is 2. The van der Waals surface area contributed by atoms with Crippen molar-refractivity contribution in [3.63, 3.8) is 0 Å². The third kappa shape index (κ3) is 9.28. The minimum atomic E-state index is 0.622. The van der Waals surface area contributed by atoms with Gasteiger partial charge in [-0.2, -0.15) is 0 Å². The third-order valence-corrected chi connectivity index (χ3v) is 5.44. The van der Waals surface area contributed by atoms with Gasteiger partial charge in [0.2, 0.25) is 0 Å². The Morgan fingerprint density at radius 3 is 1.76 bits per heavy atom. The summed E-state index contributed by atoms with van der Waals surface area (Å²) in [4.78, 5) is 4.99. The second-order valence-electron chi connectivity index (χ2n) is 7.30. The first-order valence-electron chi connectivity index (χ1n) is 9.91. The molecule has 0 radical (unpaired) electrons.